The standard InChI is InChI=1S/C18H24N4O3/c1-22(2)17-10-13(8-9-19-17)11-20-18(24)21-12-15(23)14-6-4-5-7-16(14)25-3/h4-10,15,23H,11-12H2,1-3H3,(H2,20,21,24)/t15-/m1/s1. The van der Waals surface area contributed by atoms with Gasteiger partial charge < -0.3 is 25.4 Å². The molecule has 1 aromatic carbocycles. The maximum absolute atomic E-state index is 11.9. The number of carbonyl (C=O) groups excluding carboxylic acids is 1. The number of ether oxygens (including phenoxy) is 1. The van der Waals surface area contributed by atoms with Crippen molar-refractivity contribution in [2.24, 2.45) is 0 Å². The topological polar surface area (TPSA) is 86.7 Å². The van der Waals surface area contributed by atoms with E-state index in [0.717, 1.165) is 11.4 Å². The molecule has 2 aromatic rings. The minimum absolute atomic E-state index is 0.0888. The van der Waals surface area contributed by atoms with Gasteiger partial charge in [-0.05, 0) is 23.8 Å². The van der Waals surface area contributed by atoms with Gasteiger partial charge in [-0.25, -0.2) is 9.78 Å². The summed E-state index contributed by atoms with van der Waals surface area (Å²) >= 11 is 0. The summed E-state index contributed by atoms with van der Waals surface area (Å²) in [6, 6.07) is 10.6. The second kappa shape index (κ2) is 8.89. The van der Waals surface area contributed by atoms with E-state index in [1.165, 1.54) is 0 Å². The van der Waals surface area contributed by atoms with Crippen molar-refractivity contribution in [1.82, 2.24) is 15.6 Å². The molecule has 25 heavy (non-hydrogen) atoms. The lowest BCUT2D eigenvalue weighted by Gasteiger charge is -2.16. The monoisotopic (exact) mass is 344 g/mol. The molecule has 0 bridgehead atoms. The summed E-state index contributed by atoms with van der Waals surface area (Å²) < 4.78 is 5.21. The first-order valence-corrected chi connectivity index (χ1v) is 7.96. The van der Waals surface area contributed by atoms with Crippen LogP contribution in [0.3, 0.4) is 0 Å². The average Bonchev–Trinajstić information content (AvgIpc) is 2.64. The van der Waals surface area contributed by atoms with E-state index in [-0.39, 0.29) is 12.6 Å². The number of anilines is 1. The van der Waals surface area contributed by atoms with Gasteiger partial charge in [0, 0.05) is 38.9 Å². The zero-order chi connectivity index (χ0) is 18.2. The summed E-state index contributed by atoms with van der Waals surface area (Å²) in [7, 11) is 5.36. The van der Waals surface area contributed by atoms with Crippen LogP contribution in [0.2, 0.25) is 0 Å². The molecule has 0 aliphatic carbocycles. The number of nitrogens with zero attached hydrogens (tertiary/aromatic N) is 2. The van der Waals surface area contributed by atoms with Crippen molar-refractivity contribution in [2.45, 2.75) is 12.6 Å². The molecule has 0 radical (unpaired) electrons. The minimum atomic E-state index is -0.844. The average molecular weight is 344 g/mol. The Morgan fingerprint density at radius 3 is 2.76 bits per heavy atom. The fourth-order valence-electron chi connectivity index (χ4n) is 2.30. The number of para-hydroxylation sites is 1. The number of aromatic nitrogens is 1. The number of aliphatic hydroxyl groups is 1. The van der Waals surface area contributed by atoms with Gasteiger partial charge in [0.15, 0.2) is 0 Å². The smallest absolute Gasteiger partial charge is 0.315 e. The Morgan fingerprint density at radius 2 is 2.04 bits per heavy atom. The largest absolute Gasteiger partial charge is 0.496 e. The highest BCUT2D eigenvalue weighted by Gasteiger charge is 2.13. The predicted molar refractivity (Wildman–Crippen MR) is 96.8 cm³/mol. The summed E-state index contributed by atoms with van der Waals surface area (Å²) in [4.78, 5) is 18.1. The van der Waals surface area contributed by atoms with Crippen LogP contribution in [-0.2, 0) is 6.54 Å². The molecule has 0 unspecified atom stereocenters. The van der Waals surface area contributed by atoms with Crippen molar-refractivity contribution in [3.63, 3.8) is 0 Å². The van der Waals surface area contributed by atoms with Crippen LogP contribution in [0.5, 0.6) is 5.75 Å². The quantitative estimate of drug-likeness (QED) is 0.711. The highest BCUT2D eigenvalue weighted by Crippen LogP contribution is 2.23. The fraction of sp³-hybridized carbons (Fsp3) is 0.333. The molecule has 3 N–H and O–H groups in total. The van der Waals surface area contributed by atoms with E-state index in [1.807, 2.05) is 43.3 Å². The Balaban J connectivity index is 1.83. The number of nitrogens with one attached hydrogen (secondary N) is 2. The van der Waals surface area contributed by atoms with Crippen molar-refractivity contribution in [3.05, 3.63) is 53.7 Å². The molecule has 0 aliphatic heterocycles. The van der Waals surface area contributed by atoms with Crippen LogP contribution in [-0.4, -0.2) is 43.9 Å². The minimum Gasteiger partial charge on any atom is -0.496 e. The summed E-state index contributed by atoms with van der Waals surface area (Å²) in [5.41, 5.74) is 1.58. The van der Waals surface area contributed by atoms with Gasteiger partial charge in [-0.3, -0.25) is 0 Å². The number of urea groups is 1. The van der Waals surface area contributed by atoms with E-state index in [0.29, 0.717) is 17.9 Å². The maximum atomic E-state index is 11.9. The Hall–Kier alpha value is -2.80. The molecule has 0 aliphatic rings. The van der Waals surface area contributed by atoms with Crippen LogP contribution in [0.15, 0.2) is 42.6 Å². The molecule has 1 aromatic heterocycles. The number of benzene rings is 1. The van der Waals surface area contributed by atoms with Gasteiger partial charge in [0.1, 0.15) is 11.6 Å². The lowest BCUT2D eigenvalue weighted by molar-refractivity contribution is 0.169. The van der Waals surface area contributed by atoms with Crippen molar-refractivity contribution in [1.29, 1.82) is 0 Å². The molecule has 7 nitrogen and oxygen atoms in total. The van der Waals surface area contributed by atoms with Crippen molar-refractivity contribution in [2.75, 3.05) is 32.6 Å². The fourth-order valence-corrected chi connectivity index (χ4v) is 2.30. The molecule has 1 atom stereocenters. The number of hydrogen-bond donors (Lipinski definition) is 3. The molecule has 0 fully saturated rings. The Bertz CT molecular complexity index is 706. The Morgan fingerprint density at radius 1 is 1.28 bits per heavy atom. The second-order valence-corrected chi connectivity index (χ2v) is 5.74. The number of hydrogen-bond acceptors (Lipinski definition) is 5. The number of amides is 2. The number of aliphatic hydroxyl groups excluding tert-OH is 1. The second-order valence-electron chi connectivity index (χ2n) is 5.74. The van der Waals surface area contributed by atoms with E-state index in [4.69, 9.17) is 4.74 Å². The van der Waals surface area contributed by atoms with E-state index in [9.17, 15) is 9.90 Å². The van der Waals surface area contributed by atoms with Gasteiger partial charge in [0.05, 0.1) is 13.2 Å². The molecule has 1 heterocycles. The van der Waals surface area contributed by atoms with E-state index in [1.54, 1.807) is 25.4 Å². The summed E-state index contributed by atoms with van der Waals surface area (Å²) in [5, 5.41) is 15.6. The van der Waals surface area contributed by atoms with Gasteiger partial charge in [0.2, 0.25) is 0 Å². The zero-order valence-electron chi connectivity index (χ0n) is 14.7. The molecule has 7 heteroatoms. The van der Waals surface area contributed by atoms with Gasteiger partial charge in [-0.2, -0.15) is 0 Å². The molecule has 2 rings (SSSR count). The normalized spacial score (nSPS) is 11.5. The van der Waals surface area contributed by atoms with E-state index in [2.05, 4.69) is 15.6 Å². The van der Waals surface area contributed by atoms with Crippen LogP contribution in [0, 0.1) is 0 Å². The number of methoxy groups -OCH3 is 1. The SMILES string of the molecule is COc1ccccc1[C@H](O)CNC(=O)NCc1ccnc(N(C)C)c1. The molecule has 0 saturated heterocycles. The molecular formula is C18H24N4O3. The van der Waals surface area contributed by atoms with Crippen LogP contribution in [0.4, 0.5) is 10.6 Å². The number of carbonyl (C=O) groups is 1. The van der Waals surface area contributed by atoms with Crippen molar-refractivity contribution >= 4 is 11.8 Å². The third-order valence-corrected chi connectivity index (χ3v) is 3.68. The molecular weight excluding hydrogens is 320 g/mol. The van der Waals surface area contributed by atoms with E-state index < -0.39 is 6.10 Å². The summed E-state index contributed by atoms with van der Waals surface area (Å²) in [6.07, 6.45) is 0.860. The summed E-state index contributed by atoms with van der Waals surface area (Å²) in [5.74, 6) is 1.41. The van der Waals surface area contributed by atoms with Crippen LogP contribution in [0.1, 0.15) is 17.2 Å². The molecule has 0 saturated carbocycles. The predicted octanol–water partition coefficient (Wildman–Crippen LogP) is 1.69. The highest BCUT2D eigenvalue weighted by atomic mass is 16.5. The summed E-state index contributed by atoms with van der Waals surface area (Å²) in [6.45, 7) is 0.464. The van der Waals surface area contributed by atoms with Crippen LogP contribution < -0.4 is 20.3 Å². The van der Waals surface area contributed by atoms with Crippen molar-refractivity contribution < 1.29 is 14.6 Å². The first-order chi connectivity index (χ1) is 12.0. The zero-order valence-corrected chi connectivity index (χ0v) is 14.7. The maximum Gasteiger partial charge on any atom is 0.315 e. The molecule has 0 spiro atoms. The lowest BCUT2D eigenvalue weighted by atomic mass is 10.1. The molecule has 2 amide bonds. The van der Waals surface area contributed by atoms with Gasteiger partial charge in [-0.1, -0.05) is 18.2 Å². The molecule has 134 valence electrons. The van der Waals surface area contributed by atoms with Crippen LogP contribution >= 0.6 is 0 Å². The Kier molecular flexibility index (Phi) is 6.59. The van der Waals surface area contributed by atoms with Crippen molar-refractivity contribution in [3.8, 4) is 5.75 Å². The first kappa shape index (κ1) is 18.5. The van der Waals surface area contributed by atoms with Gasteiger partial charge in [-0.15, -0.1) is 0 Å². The number of pyridine rings is 1. The van der Waals surface area contributed by atoms with Gasteiger partial charge >= 0.3 is 6.03 Å². The number of rotatable bonds is 7. The third-order valence-electron chi connectivity index (χ3n) is 3.68. The Labute approximate surface area is 147 Å². The lowest BCUT2D eigenvalue weighted by Crippen LogP contribution is -2.37. The first-order valence-electron chi connectivity index (χ1n) is 7.96. The van der Waals surface area contributed by atoms with E-state index >= 15 is 0 Å². The highest BCUT2D eigenvalue weighted by molar-refractivity contribution is 5.73. The van der Waals surface area contributed by atoms with Gasteiger partial charge in [0.25, 0.3) is 0 Å². The van der Waals surface area contributed by atoms with Crippen LogP contribution in [0.25, 0.3) is 0 Å². The third kappa shape index (κ3) is 5.36.